The van der Waals surface area contributed by atoms with Crippen LogP contribution in [-0.2, 0) is 9.74 Å². The quantitative estimate of drug-likeness (QED) is 0.159. The van der Waals surface area contributed by atoms with Gasteiger partial charge >= 0.3 is 23.7 Å². The van der Waals surface area contributed by atoms with E-state index in [1.165, 1.54) is 54.6 Å². The molecule has 0 aliphatic carbocycles. The zero-order chi connectivity index (χ0) is 27.9. The number of hydrogen-bond acceptors (Lipinski definition) is 3. The fourth-order valence-electron chi connectivity index (χ4n) is 3.66. The lowest BCUT2D eigenvalue weighted by atomic mass is 10.1. The molecule has 0 radical (unpaired) electrons. The molecule has 0 saturated heterocycles. The van der Waals surface area contributed by atoms with Crippen LogP contribution in [0.1, 0.15) is 0 Å². The van der Waals surface area contributed by atoms with Gasteiger partial charge in [-0.25, -0.2) is 8.42 Å². The molecule has 3 aromatic rings. The molecule has 1 atom stereocenters. The van der Waals surface area contributed by atoms with Crippen molar-refractivity contribution in [3.63, 3.8) is 0 Å². The van der Waals surface area contributed by atoms with Gasteiger partial charge in [-0.3, -0.25) is 0 Å². The molecule has 3 nitrogen and oxygen atoms in total. The van der Waals surface area contributed by atoms with E-state index in [9.17, 15) is 43.7 Å². The summed E-state index contributed by atoms with van der Waals surface area (Å²) in [4.78, 5) is 0. The molecule has 0 fully saturated rings. The van der Waals surface area contributed by atoms with Crippen molar-refractivity contribution in [2.45, 2.75) is 23.7 Å². The second kappa shape index (κ2) is 10.9. The Morgan fingerprint density at radius 1 is 0.579 bits per heavy atom. The Morgan fingerprint density at radius 3 is 1.11 bits per heavy atom. The Morgan fingerprint density at radius 2 is 0.868 bits per heavy atom. The van der Waals surface area contributed by atoms with Crippen LogP contribution in [0.5, 0.6) is 0 Å². The highest BCUT2D eigenvalue weighted by atomic mass is 35.5. The smallest absolute Gasteiger partial charge is 0.460 e. The molecule has 3 rings (SSSR count). The number of rotatable bonds is 8. The third-order valence-electron chi connectivity index (χ3n) is 5.24. The van der Waals surface area contributed by atoms with Gasteiger partial charge in [-0.15, -0.1) is 12.4 Å². The summed E-state index contributed by atoms with van der Waals surface area (Å²) in [5, 5.41) is -1.24. The van der Waals surface area contributed by atoms with Crippen LogP contribution in [0, 0.1) is 0 Å². The van der Waals surface area contributed by atoms with Crippen molar-refractivity contribution in [2.75, 3.05) is 0 Å². The largest absolute Gasteiger partial charge is 0.742 e. The minimum atomic E-state index is -7.38. The molecule has 1 unspecified atom stereocenters. The Balaban J connectivity index is 0.00000507. The maximum absolute atomic E-state index is 15.7. The van der Waals surface area contributed by atoms with Crippen molar-refractivity contribution in [1.29, 1.82) is 0 Å². The normalized spacial score (nSPS) is 14.5. The van der Waals surface area contributed by atoms with E-state index < -0.39 is 63.1 Å². The molecule has 0 saturated carbocycles. The van der Waals surface area contributed by atoms with Gasteiger partial charge in [-0.1, -0.05) is 54.6 Å². The molecule has 0 aliphatic heterocycles. The van der Waals surface area contributed by atoms with Crippen LogP contribution in [0.3, 0.4) is 0 Å². The van der Waals surface area contributed by atoms with Crippen LogP contribution in [-0.4, -0.2) is 36.7 Å². The molecule has 16 heteroatoms. The van der Waals surface area contributed by atoms with Gasteiger partial charge in [0.15, 0.2) is 16.7 Å². The Labute approximate surface area is 219 Å². The van der Waals surface area contributed by atoms with Crippen molar-refractivity contribution in [2.24, 2.45) is 0 Å². The lowest BCUT2D eigenvalue weighted by molar-refractivity contribution is -0.381. The van der Waals surface area contributed by atoms with Crippen LogP contribution in [0.15, 0.2) is 91.0 Å². The number of benzene rings is 3. The summed E-state index contributed by atoms with van der Waals surface area (Å²) in [5.74, 6) is -14.7. The van der Waals surface area contributed by atoms with E-state index in [4.69, 9.17) is 0 Å². The maximum atomic E-state index is 15.7. The highest BCUT2D eigenvalue weighted by molar-refractivity contribution is 8.79. The van der Waals surface area contributed by atoms with Gasteiger partial charge in [0.25, 0.3) is 6.81 Å². The number of alkyl halides is 9. The Bertz CT molecular complexity index is 1230. The lowest BCUT2D eigenvalue weighted by Gasteiger charge is -2.42. The van der Waals surface area contributed by atoms with Crippen LogP contribution in [0.4, 0.5) is 39.5 Å². The highest BCUT2D eigenvalue weighted by Gasteiger charge is 2.88. The van der Waals surface area contributed by atoms with Gasteiger partial charge in [0, 0.05) is 0 Å². The van der Waals surface area contributed by atoms with Gasteiger partial charge < -0.3 is 4.55 Å². The van der Waals surface area contributed by atoms with Crippen LogP contribution in [0.25, 0.3) is 0 Å². The first-order chi connectivity index (χ1) is 16.9. The third-order valence-corrected chi connectivity index (χ3v) is 20.5. The van der Waals surface area contributed by atoms with Crippen molar-refractivity contribution in [3.8, 4) is 0 Å². The third kappa shape index (κ3) is 5.16. The standard InChI is InChI=1S/C22H15F9O3P2S.ClH/c23-19(24,21(27,28)29)20(25,26)22(30,31)35(37(32,33)34)36(16-10-4-1-5-11-16,17-12-6-2-7-13-17)18-14-8-3-9-15-18;/h1-15H;1H. The van der Waals surface area contributed by atoms with E-state index in [-0.39, 0.29) is 12.4 Å². The van der Waals surface area contributed by atoms with Gasteiger partial charge in [0.2, 0.25) is 0 Å². The van der Waals surface area contributed by atoms with E-state index >= 15 is 8.78 Å². The highest BCUT2D eigenvalue weighted by Crippen LogP contribution is 2.90. The molecule has 0 N–H and O–H groups in total. The minimum Gasteiger partial charge on any atom is -0.742 e. The van der Waals surface area contributed by atoms with Crippen LogP contribution < -0.4 is 15.9 Å². The molecule has 208 valence electrons. The molecular weight excluding hydrogens is 613 g/mol. The van der Waals surface area contributed by atoms with Gasteiger partial charge in [-0.05, 0) is 36.4 Å². The molecule has 0 heterocycles. The molecule has 0 amide bonds. The van der Waals surface area contributed by atoms with Crippen molar-refractivity contribution in [1.82, 2.24) is 0 Å². The van der Waals surface area contributed by atoms with E-state index in [0.717, 1.165) is 36.4 Å². The van der Waals surface area contributed by atoms with Gasteiger partial charge in [0.1, 0.15) is 15.9 Å². The average molecular weight is 629 g/mol. The first-order valence-electron chi connectivity index (χ1n) is 9.96. The fourth-order valence-corrected chi connectivity index (χ4v) is 20.3. The average Bonchev–Trinajstić information content (AvgIpc) is 2.82. The van der Waals surface area contributed by atoms with Crippen LogP contribution in [0.2, 0.25) is 0 Å². The topological polar surface area (TPSA) is 57.2 Å². The van der Waals surface area contributed by atoms with E-state index in [2.05, 4.69) is 0 Å². The summed E-state index contributed by atoms with van der Waals surface area (Å²) in [5.41, 5.74) is -6.66. The SMILES string of the molecule is Cl.O=S(=O)([O-])P(C(F)(F)C(F)(F)C(F)(F)C(F)(F)F)[P+](c1ccccc1)(c1ccccc1)c1ccccc1. The predicted octanol–water partition coefficient (Wildman–Crippen LogP) is 6.69. The molecule has 3 aromatic carbocycles. The summed E-state index contributed by atoms with van der Waals surface area (Å²) < 4.78 is 165. The van der Waals surface area contributed by atoms with Crippen LogP contribution >= 0.6 is 26.2 Å². The minimum absolute atomic E-state index is 0. The molecule has 0 aliphatic rings. The van der Waals surface area contributed by atoms with E-state index in [1.54, 1.807) is 0 Å². The zero-order valence-electron chi connectivity index (χ0n) is 18.5. The number of halogens is 10. The molecule has 38 heavy (non-hydrogen) atoms. The number of hydrogen-bond donors (Lipinski definition) is 0. The molecule has 0 aromatic heterocycles. The molecular formula is C22H16ClF9O3P2S. The summed E-state index contributed by atoms with van der Waals surface area (Å²) in [6, 6.07) is 17.4. The monoisotopic (exact) mass is 628 g/mol. The second-order valence-electron chi connectivity index (χ2n) is 7.53. The second-order valence-corrected chi connectivity index (χ2v) is 18.6. The van der Waals surface area contributed by atoms with Crippen molar-refractivity contribution < 1.29 is 52.5 Å². The van der Waals surface area contributed by atoms with E-state index in [0.29, 0.717) is 0 Å². The Kier molecular flexibility index (Phi) is 9.29. The maximum Gasteiger partial charge on any atom is 0.460 e. The summed E-state index contributed by atoms with van der Waals surface area (Å²) in [7, 11) is -6.68. The van der Waals surface area contributed by atoms with Crippen molar-refractivity contribution in [3.05, 3.63) is 91.0 Å². The summed E-state index contributed by atoms with van der Waals surface area (Å²) >= 11 is 0. The molecule has 0 bridgehead atoms. The fraction of sp³-hybridized carbons (Fsp3) is 0.182. The lowest BCUT2D eigenvalue weighted by Crippen LogP contribution is -2.61. The first-order valence-corrected chi connectivity index (χ1v) is 15.8. The predicted molar refractivity (Wildman–Crippen MR) is 130 cm³/mol. The summed E-state index contributed by atoms with van der Waals surface area (Å²) in [6.07, 6.45) is -7.19. The Hall–Kier alpha value is -1.91. The van der Waals surface area contributed by atoms with E-state index in [1.807, 2.05) is 0 Å². The van der Waals surface area contributed by atoms with Gasteiger partial charge in [-0.2, -0.15) is 39.5 Å². The van der Waals surface area contributed by atoms with Gasteiger partial charge in [0.05, 0.1) is 0 Å². The summed E-state index contributed by atoms with van der Waals surface area (Å²) in [6.45, 7) is -10.1. The van der Waals surface area contributed by atoms with Crippen molar-refractivity contribution >= 4 is 51.8 Å². The molecule has 0 spiro atoms. The first kappa shape index (κ1) is 32.3. The zero-order valence-corrected chi connectivity index (χ0v) is 21.9.